The summed E-state index contributed by atoms with van der Waals surface area (Å²) in [6, 6.07) is 6.45. The third-order valence-corrected chi connectivity index (χ3v) is 4.18. The van der Waals surface area contributed by atoms with Gasteiger partial charge in [-0.05, 0) is 37.2 Å². The maximum Gasteiger partial charge on any atom is 0.123 e. The molecular weight excluding hydrogens is 317 g/mol. The number of aromatic amines is 1. The number of halogens is 1. The van der Waals surface area contributed by atoms with Crippen molar-refractivity contribution < 1.29 is 4.39 Å². The van der Waals surface area contributed by atoms with Crippen LogP contribution >= 0.6 is 0 Å². The molecule has 132 valence electrons. The molecule has 5 nitrogen and oxygen atoms in total. The van der Waals surface area contributed by atoms with Crippen molar-refractivity contribution in [3.05, 3.63) is 60.1 Å². The molecule has 0 bridgehead atoms. The average Bonchev–Trinajstić information content (AvgIpc) is 3.24. The van der Waals surface area contributed by atoms with Crippen LogP contribution in [0.1, 0.15) is 37.6 Å². The number of rotatable bonds is 8. The molecule has 0 atom stereocenters. The molecule has 2 aromatic heterocycles. The van der Waals surface area contributed by atoms with Crippen LogP contribution in [0.2, 0.25) is 0 Å². The topological polar surface area (TPSA) is 58.5 Å². The van der Waals surface area contributed by atoms with E-state index >= 15 is 0 Å². The fourth-order valence-corrected chi connectivity index (χ4v) is 2.92. The molecule has 0 radical (unpaired) electrons. The normalized spacial score (nSPS) is 11.4. The first kappa shape index (κ1) is 17.4. The highest BCUT2D eigenvalue weighted by atomic mass is 19.1. The second-order valence-electron chi connectivity index (χ2n) is 6.44. The summed E-state index contributed by atoms with van der Waals surface area (Å²) < 4.78 is 15.3. The van der Waals surface area contributed by atoms with Crippen molar-refractivity contribution in [2.45, 2.75) is 39.3 Å². The highest BCUT2D eigenvalue weighted by molar-refractivity contribution is 5.62. The van der Waals surface area contributed by atoms with Crippen molar-refractivity contribution in [3.8, 4) is 11.3 Å². The van der Waals surface area contributed by atoms with Gasteiger partial charge in [0.1, 0.15) is 11.6 Å². The Morgan fingerprint density at radius 3 is 2.80 bits per heavy atom. The predicted octanol–water partition coefficient (Wildman–Crippen LogP) is 3.72. The summed E-state index contributed by atoms with van der Waals surface area (Å²) in [6.45, 7) is 6.91. The number of hydrogen-bond donors (Lipinski definition) is 2. The minimum Gasteiger partial charge on any atom is -0.335 e. The third-order valence-electron chi connectivity index (χ3n) is 4.18. The van der Waals surface area contributed by atoms with E-state index in [9.17, 15) is 4.39 Å². The van der Waals surface area contributed by atoms with E-state index in [0.29, 0.717) is 5.92 Å². The number of aryl methyl sites for hydroxylation is 1. The first-order chi connectivity index (χ1) is 12.1. The van der Waals surface area contributed by atoms with Crippen molar-refractivity contribution in [2.24, 2.45) is 0 Å². The molecule has 2 heterocycles. The second-order valence-corrected chi connectivity index (χ2v) is 6.44. The maximum absolute atomic E-state index is 13.1. The molecule has 0 aliphatic heterocycles. The van der Waals surface area contributed by atoms with E-state index in [1.54, 1.807) is 12.1 Å². The quantitative estimate of drug-likeness (QED) is 0.614. The molecule has 6 heteroatoms. The molecule has 0 saturated carbocycles. The monoisotopic (exact) mass is 341 g/mol. The van der Waals surface area contributed by atoms with Crippen LogP contribution in [0.4, 0.5) is 4.39 Å². The van der Waals surface area contributed by atoms with Crippen LogP contribution in [0.15, 0.2) is 42.9 Å². The van der Waals surface area contributed by atoms with Crippen LogP contribution in [0.5, 0.6) is 0 Å². The van der Waals surface area contributed by atoms with Crippen molar-refractivity contribution >= 4 is 0 Å². The zero-order valence-electron chi connectivity index (χ0n) is 14.7. The van der Waals surface area contributed by atoms with Gasteiger partial charge in [0, 0.05) is 42.5 Å². The molecule has 0 amide bonds. The van der Waals surface area contributed by atoms with E-state index < -0.39 is 0 Å². The van der Waals surface area contributed by atoms with E-state index in [2.05, 4.69) is 38.9 Å². The van der Waals surface area contributed by atoms with Gasteiger partial charge in [-0.2, -0.15) is 5.10 Å². The Labute approximate surface area is 147 Å². The Morgan fingerprint density at radius 1 is 1.24 bits per heavy atom. The zero-order valence-corrected chi connectivity index (χ0v) is 14.7. The van der Waals surface area contributed by atoms with Crippen LogP contribution in [0.25, 0.3) is 11.3 Å². The summed E-state index contributed by atoms with van der Waals surface area (Å²) >= 11 is 0. The Morgan fingerprint density at radius 2 is 2.04 bits per heavy atom. The van der Waals surface area contributed by atoms with Gasteiger partial charge in [-0.15, -0.1) is 0 Å². The summed E-state index contributed by atoms with van der Waals surface area (Å²) in [5, 5.41) is 10.6. The molecule has 0 aliphatic carbocycles. The van der Waals surface area contributed by atoms with Gasteiger partial charge >= 0.3 is 0 Å². The lowest BCUT2D eigenvalue weighted by molar-refractivity contribution is 0.554. The Bertz CT molecular complexity index is 788. The molecule has 0 saturated heterocycles. The Balaban J connectivity index is 1.49. The molecule has 0 aliphatic rings. The molecule has 2 N–H and O–H groups in total. The van der Waals surface area contributed by atoms with Crippen LogP contribution in [-0.2, 0) is 13.1 Å². The SMILES string of the molecule is CC(C)c1nccn1CCCNCc1cn[nH]c1-c1ccc(F)cc1. The first-order valence-corrected chi connectivity index (χ1v) is 8.65. The van der Waals surface area contributed by atoms with Crippen LogP contribution in [0, 0.1) is 5.82 Å². The Hall–Kier alpha value is -2.47. The minimum absolute atomic E-state index is 0.233. The lowest BCUT2D eigenvalue weighted by atomic mass is 10.1. The highest BCUT2D eigenvalue weighted by Gasteiger charge is 2.08. The minimum atomic E-state index is -0.233. The van der Waals surface area contributed by atoms with E-state index in [1.807, 2.05) is 18.6 Å². The lowest BCUT2D eigenvalue weighted by Gasteiger charge is -2.10. The van der Waals surface area contributed by atoms with E-state index in [0.717, 1.165) is 48.7 Å². The molecule has 0 fully saturated rings. The molecule has 3 aromatic rings. The average molecular weight is 341 g/mol. The van der Waals surface area contributed by atoms with Gasteiger partial charge in [0.2, 0.25) is 0 Å². The van der Waals surface area contributed by atoms with E-state index in [-0.39, 0.29) is 5.82 Å². The van der Waals surface area contributed by atoms with Crippen LogP contribution in [0.3, 0.4) is 0 Å². The zero-order chi connectivity index (χ0) is 17.6. The van der Waals surface area contributed by atoms with Gasteiger partial charge in [-0.3, -0.25) is 5.10 Å². The van der Waals surface area contributed by atoms with E-state index in [1.165, 1.54) is 12.1 Å². The number of imidazole rings is 1. The number of hydrogen-bond acceptors (Lipinski definition) is 3. The summed E-state index contributed by atoms with van der Waals surface area (Å²) in [5.41, 5.74) is 2.96. The van der Waals surface area contributed by atoms with Crippen molar-refractivity contribution in [1.29, 1.82) is 0 Å². The fourth-order valence-electron chi connectivity index (χ4n) is 2.92. The van der Waals surface area contributed by atoms with Gasteiger partial charge in [0.05, 0.1) is 11.9 Å². The molecule has 3 rings (SSSR count). The van der Waals surface area contributed by atoms with Gasteiger partial charge in [-0.1, -0.05) is 13.8 Å². The van der Waals surface area contributed by atoms with Crippen molar-refractivity contribution in [1.82, 2.24) is 25.1 Å². The number of benzene rings is 1. The van der Waals surface area contributed by atoms with Crippen LogP contribution < -0.4 is 5.32 Å². The molecule has 0 spiro atoms. The second kappa shape index (κ2) is 8.07. The lowest BCUT2D eigenvalue weighted by Crippen LogP contribution is -2.17. The number of nitrogens with zero attached hydrogens (tertiary/aromatic N) is 3. The Kier molecular flexibility index (Phi) is 5.60. The van der Waals surface area contributed by atoms with Crippen molar-refractivity contribution in [3.63, 3.8) is 0 Å². The molecule has 0 unspecified atom stereocenters. The standard InChI is InChI=1S/C19H24FN5/c1-14(2)19-22-9-11-25(19)10-3-8-21-12-16-13-23-24-18(16)15-4-6-17(20)7-5-15/h4-7,9,11,13-14,21H,3,8,10,12H2,1-2H3,(H,23,24). The molecular formula is C19H24FN5. The molecule has 25 heavy (non-hydrogen) atoms. The highest BCUT2D eigenvalue weighted by Crippen LogP contribution is 2.21. The first-order valence-electron chi connectivity index (χ1n) is 8.65. The smallest absolute Gasteiger partial charge is 0.123 e. The van der Waals surface area contributed by atoms with Gasteiger partial charge in [-0.25, -0.2) is 9.37 Å². The third kappa shape index (κ3) is 4.33. The maximum atomic E-state index is 13.1. The number of aromatic nitrogens is 4. The van der Waals surface area contributed by atoms with Gasteiger partial charge < -0.3 is 9.88 Å². The molecule has 1 aromatic carbocycles. The van der Waals surface area contributed by atoms with E-state index in [4.69, 9.17) is 0 Å². The predicted molar refractivity (Wildman–Crippen MR) is 96.6 cm³/mol. The summed E-state index contributed by atoms with van der Waals surface area (Å²) in [6.07, 6.45) is 6.75. The summed E-state index contributed by atoms with van der Waals surface area (Å²) in [7, 11) is 0. The number of H-pyrrole nitrogens is 1. The van der Waals surface area contributed by atoms with Crippen molar-refractivity contribution in [2.75, 3.05) is 6.54 Å². The van der Waals surface area contributed by atoms with Gasteiger partial charge in [0.15, 0.2) is 0 Å². The van der Waals surface area contributed by atoms with Gasteiger partial charge in [0.25, 0.3) is 0 Å². The summed E-state index contributed by atoms with van der Waals surface area (Å²) in [4.78, 5) is 4.41. The fraction of sp³-hybridized carbons (Fsp3) is 0.368. The largest absolute Gasteiger partial charge is 0.335 e. The summed E-state index contributed by atoms with van der Waals surface area (Å²) in [5.74, 6) is 1.34. The van der Waals surface area contributed by atoms with Crippen LogP contribution in [-0.4, -0.2) is 26.3 Å². The number of nitrogens with one attached hydrogen (secondary N) is 2.